The van der Waals surface area contributed by atoms with Crippen molar-refractivity contribution < 1.29 is 27.3 Å². The number of ether oxygens (including phenoxy) is 1. The van der Waals surface area contributed by atoms with Crippen molar-refractivity contribution in [1.29, 1.82) is 0 Å². The quantitative estimate of drug-likeness (QED) is 0.217. The second-order valence-corrected chi connectivity index (χ2v) is 11.7. The molecule has 0 aliphatic carbocycles. The molecule has 0 radical (unpaired) electrons. The number of hydrogen-bond donors (Lipinski definition) is 2. The molecule has 0 saturated carbocycles. The van der Waals surface area contributed by atoms with Gasteiger partial charge in [-0.1, -0.05) is 6.07 Å². The molecule has 0 atom stereocenters. The van der Waals surface area contributed by atoms with E-state index in [-0.39, 0.29) is 29.4 Å². The Morgan fingerprint density at radius 1 is 1.15 bits per heavy atom. The molecule has 0 bridgehead atoms. The summed E-state index contributed by atoms with van der Waals surface area (Å²) in [4.78, 5) is 27.4. The van der Waals surface area contributed by atoms with Gasteiger partial charge in [-0.3, -0.25) is 19.9 Å². The number of aromatic nitrogens is 3. The van der Waals surface area contributed by atoms with Crippen molar-refractivity contribution in [3.63, 3.8) is 0 Å². The second-order valence-electron chi connectivity index (χ2n) is 10.1. The zero-order valence-electron chi connectivity index (χ0n) is 22.6. The van der Waals surface area contributed by atoms with Crippen LogP contribution in [0.15, 0.2) is 71.9 Å². The Morgan fingerprint density at radius 2 is 1.85 bits per heavy atom. The number of halogens is 1. The highest BCUT2D eigenvalue weighted by molar-refractivity contribution is 7.89. The molecule has 0 spiro atoms. The molecule has 2 aromatic heterocycles. The topological polar surface area (TPSA) is 158 Å². The van der Waals surface area contributed by atoms with Gasteiger partial charge in [0.1, 0.15) is 16.5 Å². The third-order valence-corrected chi connectivity index (χ3v) is 7.38. The van der Waals surface area contributed by atoms with E-state index in [9.17, 15) is 27.7 Å². The SMILES string of the molecule is Cc1c(C(=O)NCc2cccnc2)nn(-c2ccc(F)cc2)c1Oc1ccc([N+](=O)[O-])cc1S(=O)(=O)NC(C)(C)C. The lowest BCUT2D eigenvalue weighted by molar-refractivity contribution is -0.385. The molecule has 2 N–H and O–H groups in total. The minimum Gasteiger partial charge on any atom is -0.437 e. The second kappa shape index (κ2) is 11.4. The maximum absolute atomic E-state index is 13.7. The average Bonchev–Trinajstić information content (AvgIpc) is 3.22. The van der Waals surface area contributed by atoms with Gasteiger partial charge in [-0.2, -0.15) is 9.78 Å². The summed E-state index contributed by atoms with van der Waals surface area (Å²) in [5.41, 5.74) is -0.108. The number of hydrogen-bond acceptors (Lipinski definition) is 8. The lowest BCUT2D eigenvalue weighted by Crippen LogP contribution is -2.40. The lowest BCUT2D eigenvalue weighted by atomic mass is 10.1. The summed E-state index contributed by atoms with van der Waals surface area (Å²) in [6.45, 7) is 6.56. The first-order valence-corrected chi connectivity index (χ1v) is 13.8. The third-order valence-electron chi connectivity index (χ3n) is 5.61. The van der Waals surface area contributed by atoms with E-state index in [1.54, 1.807) is 52.2 Å². The van der Waals surface area contributed by atoms with Crippen LogP contribution in [-0.4, -0.2) is 39.6 Å². The Hall–Kier alpha value is -4.69. The van der Waals surface area contributed by atoms with E-state index >= 15 is 0 Å². The highest BCUT2D eigenvalue weighted by Gasteiger charge is 2.30. The number of nitrogens with one attached hydrogen (secondary N) is 2. The van der Waals surface area contributed by atoms with Gasteiger partial charge in [0.25, 0.3) is 11.6 Å². The van der Waals surface area contributed by atoms with Gasteiger partial charge >= 0.3 is 0 Å². The van der Waals surface area contributed by atoms with E-state index in [4.69, 9.17) is 4.74 Å². The van der Waals surface area contributed by atoms with Crippen molar-refractivity contribution in [1.82, 2.24) is 24.8 Å². The monoisotopic (exact) mass is 582 g/mol. The van der Waals surface area contributed by atoms with Crippen molar-refractivity contribution in [2.75, 3.05) is 0 Å². The summed E-state index contributed by atoms with van der Waals surface area (Å²) < 4.78 is 50.0. The van der Waals surface area contributed by atoms with Gasteiger partial charge in [-0.25, -0.2) is 17.5 Å². The Balaban J connectivity index is 1.81. The van der Waals surface area contributed by atoms with Gasteiger partial charge in [0.15, 0.2) is 5.69 Å². The fourth-order valence-corrected chi connectivity index (χ4v) is 5.38. The first-order valence-electron chi connectivity index (χ1n) is 12.3. The Morgan fingerprint density at radius 3 is 2.46 bits per heavy atom. The first-order chi connectivity index (χ1) is 19.2. The highest BCUT2D eigenvalue weighted by Crippen LogP contribution is 2.36. The number of nitrogens with zero attached hydrogens (tertiary/aromatic N) is 4. The number of nitro groups is 1. The van der Waals surface area contributed by atoms with Crippen LogP contribution in [0.3, 0.4) is 0 Å². The van der Waals surface area contributed by atoms with Crippen LogP contribution in [0.5, 0.6) is 11.6 Å². The van der Waals surface area contributed by atoms with Gasteiger partial charge in [0.05, 0.1) is 10.6 Å². The molecule has 214 valence electrons. The van der Waals surface area contributed by atoms with E-state index < -0.39 is 42.8 Å². The smallest absolute Gasteiger partial charge is 0.272 e. The van der Waals surface area contributed by atoms with E-state index in [0.29, 0.717) is 5.69 Å². The number of non-ortho nitro benzene ring substituents is 1. The van der Waals surface area contributed by atoms with Crippen LogP contribution < -0.4 is 14.8 Å². The summed E-state index contributed by atoms with van der Waals surface area (Å²) in [6, 6.07) is 11.8. The predicted molar refractivity (Wildman–Crippen MR) is 147 cm³/mol. The molecule has 2 heterocycles. The van der Waals surface area contributed by atoms with Crippen LogP contribution in [0.1, 0.15) is 42.4 Å². The minimum atomic E-state index is -4.31. The minimum absolute atomic E-state index is 0.0349. The molecule has 0 fully saturated rings. The van der Waals surface area contributed by atoms with Gasteiger partial charge in [-0.05, 0) is 69.7 Å². The van der Waals surface area contributed by atoms with E-state index in [2.05, 4.69) is 20.1 Å². The van der Waals surface area contributed by atoms with Crippen molar-refractivity contribution >= 4 is 21.6 Å². The van der Waals surface area contributed by atoms with Gasteiger partial charge in [0.2, 0.25) is 15.9 Å². The summed E-state index contributed by atoms with van der Waals surface area (Å²) in [5.74, 6) is -1.36. The van der Waals surface area contributed by atoms with Crippen LogP contribution in [0, 0.1) is 22.9 Å². The first kappa shape index (κ1) is 29.3. The number of pyridine rings is 1. The summed E-state index contributed by atoms with van der Waals surface area (Å²) in [5, 5.41) is 18.6. The molecular formula is C27H27FN6O6S. The maximum atomic E-state index is 13.7. The Bertz CT molecular complexity index is 1700. The molecule has 41 heavy (non-hydrogen) atoms. The van der Waals surface area contributed by atoms with Crippen molar-refractivity contribution in [2.45, 2.75) is 44.7 Å². The number of amides is 1. The molecule has 0 unspecified atom stereocenters. The molecule has 12 nitrogen and oxygen atoms in total. The zero-order chi connectivity index (χ0) is 29.9. The Labute approximate surface area is 235 Å². The van der Waals surface area contributed by atoms with Crippen LogP contribution in [0.4, 0.5) is 10.1 Å². The normalized spacial score (nSPS) is 11.7. The highest BCUT2D eigenvalue weighted by atomic mass is 32.2. The van der Waals surface area contributed by atoms with Gasteiger partial charge in [-0.15, -0.1) is 0 Å². The predicted octanol–water partition coefficient (Wildman–Crippen LogP) is 4.42. The van der Waals surface area contributed by atoms with Crippen molar-refractivity contribution in [3.05, 3.63) is 99.7 Å². The number of carbonyl (C=O) groups is 1. The molecule has 2 aromatic carbocycles. The molecule has 0 saturated heterocycles. The standard InChI is InChI=1S/C27H27FN6O6S/c1-17-24(25(35)30-16-18-6-5-13-29-15-18)31-33(20-9-7-19(28)8-10-20)26(17)40-22-12-11-21(34(36)37)14-23(22)41(38,39)32-27(2,3)4/h5-15,32H,16H2,1-4H3,(H,30,35). The average molecular weight is 583 g/mol. The Kier molecular flexibility index (Phi) is 8.17. The number of nitro benzene ring substituents is 1. The van der Waals surface area contributed by atoms with Crippen LogP contribution in [0.2, 0.25) is 0 Å². The number of carbonyl (C=O) groups excluding carboxylic acids is 1. The molecule has 14 heteroatoms. The fourth-order valence-electron chi connectivity index (χ4n) is 3.81. The van der Waals surface area contributed by atoms with Crippen LogP contribution >= 0.6 is 0 Å². The molecule has 0 aliphatic heterocycles. The van der Waals surface area contributed by atoms with Crippen LogP contribution in [0.25, 0.3) is 5.69 Å². The number of sulfonamides is 1. The van der Waals surface area contributed by atoms with Gasteiger partial charge < -0.3 is 10.1 Å². The number of benzene rings is 2. The molecule has 4 rings (SSSR count). The fraction of sp³-hybridized carbons (Fsp3) is 0.222. The summed E-state index contributed by atoms with van der Waals surface area (Å²) in [6.07, 6.45) is 3.20. The molecule has 4 aromatic rings. The maximum Gasteiger partial charge on any atom is 0.272 e. The molecule has 1 amide bonds. The molecular weight excluding hydrogens is 555 g/mol. The number of rotatable bonds is 9. The summed E-state index contributed by atoms with van der Waals surface area (Å²) in [7, 11) is -4.31. The molecule has 0 aliphatic rings. The van der Waals surface area contributed by atoms with E-state index in [0.717, 1.165) is 23.8 Å². The van der Waals surface area contributed by atoms with Crippen LogP contribution in [-0.2, 0) is 16.6 Å². The zero-order valence-corrected chi connectivity index (χ0v) is 23.4. The van der Waals surface area contributed by atoms with E-state index in [1.807, 2.05) is 0 Å². The van der Waals surface area contributed by atoms with Crippen molar-refractivity contribution in [2.24, 2.45) is 0 Å². The largest absolute Gasteiger partial charge is 0.437 e. The van der Waals surface area contributed by atoms with E-state index in [1.165, 1.54) is 28.9 Å². The summed E-state index contributed by atoms with van der Waals surface area (Å²) >= 11 is 0. The third kappa shape index (κ3) is 6.91. The lowest BCUT2D eigenvalue weighted by Gasteiger charge is -2.21. The van der Waals surface area contributed by atoms with Gasteiger partial charge in [0, 0.05) is 42.2 Å². The van der Waals surface area contributed by atoms with Crippen molar-refractivity contribution in [3.8, 4) is 17.3 Å².